The highest BCUT2D eigenvalue weighted by atomic mass is 32.2. The summed E-state index contributed by atoms with van der Waals surface area (Å²) < 4.78 is 44.9. The molecule has 3 atom stereocenters. The quantitative estimate of drug-likeness (QED) is 0.0492. The van der Waals surface area contributed by atoms with E-state index in [2.05, 4.69) is 20.9 Å². The van der Waals surface area contributed by atoms with Crippen LogP contribution in [0.2, 0.25) is 0 Å². The number of ether oxygens (including phenoxy) is 4. The van der Waals surface area contributed by atoms with E-state index >= 15 is 0 Å². The van der Waals surface area contributed by atoms with E-state index in [1.807, 2.05) is 52.0 Å². The van der Waals surface area contributed by atoms with Crippen LogP contribution in [0.25, 0.3) is 10.4 Å². The third kappa shape index (κ3) is 14.8. The fourth-order valence-corrected chi connectivity index (χ4v) is 7.53. The summed E-state index contributed by atoms with van der Waals surface area (Å²) in [6.07, 6.45) is -0.796. The highest BCUT2D eigenvalue weighted by Gasteiger charge is 2.44. The third-order valence-corrected chi connectivity index (χ3v) is 11.2. The first-order valence-electron chi connectivity index (χ1n) is 19.4. The van der Waals surface area contributed by atoms with Gasteiger partial charge in [0.1, 0.15) is 17.8 Å². The number of rotatable bonds is 24. The van der Waals surface area contributed by atoms with E-state index in [-0.39, 0.29) is 88.6 Å². The third-order valence-electron chi connectivity index (χ3n) is 9.36. The Morgan fingerprint density at radius 1 is 1.00 bits per heavy atom. The number of nitrogens with two attached hydrogens (primary N) is 1. The van der Waals surface area contributed by atoms with Crippen molar-refractivity contribution in [2.45, 2.75) is 70.2 Å². The summed E-state index contributed by atoms with van der Waals surface area (Å²) in [5.74, 6) is -1.22. The van der Waals surface area contributed by atoms with Crippen molar-refractivity contribution >= 4 is 50.5 Å². The molecule has 0 bridgehead atoms. The zero-order valence-electron chi connectivity index (χ0n) is 34.2. The number of aliphatic hydroxyl groups excluding tert-OH is 1. The van der Waals surface area contributed by atoms with Gasteiger partial charge in [0.2, 0.25) is 27.7 Å². The second kappa shape index (κ2) is 22.8. The summed E-state index contributed by atoms with van der Waals surface area (Å²) in [6.45, 7) is 9.81. The fourth-order valence-electron chi connectivity index (χ4n) is 6.19. The molecule has 2 heterocycles. The average molecular weight is 878 g/mol. The fraction of sp³-hybridized carbons (Fsp3) is 0.538. The standard InChI is InChI=1S/C39H55N7O12S2/c1-26-35(59-25-43-26)28-7-5-27(6-8-28)23-42-37(49)33-21-29(47)24-45(33)38(50)36(39(2,3)4)44-34(48)11-13-55-15-17-57-19-20-58-18-16-56-14-12-41-31-10-9-30(60(40,53)54)22-32(31)46(51)52/h5-10,22,25,29,33,36,41,47H,11-21,23-24H2,1-4H3,(H,42,49)(H,44,48)(H2,40,53,54)/t29-,33+,36?/m1/s1. The number of carbonyl (C=O) groups excluding carboxylic acids is 3. The molecule has 1 aliphatic heterocycles. The Morgan fingerprint density at radius 2 is 1.62 bits per heavy atom. The molecule has 330 valence electrons. The molecule has 21 heteroatoms. The molecule has 0 radical (unpaired) electrons. The minimum Gasteiger partial charge on any atom is -0.391 e. The van der Waals surface area contributed by atoms with Gasteiger partial charge in [-0.3, -0.25) is 24.5 Å². The number of anilines is 1. The lowest BCUT2D eigenvalue weighted by molar-refractivity contribution is -0.384. The number of aryl methyl sites for hydroxylation is 1. The number of nitrogens with zero attached hydrogens (tertiary/aromatic N) is 3. The molecule has 2 aromatic carbocycles. The number of amides is 3. The van der Waals surface area contributed by atoms with Crippen molar-refractivity contribution in [3.05, 3.63) is 69.3 Å². The van der Waals surface area contributed by atoms with Crippen LogP contribution in [0.4, 0.5) is 11.4 Å². The molecule has 60 heavy (non-hydrogen) atoms. The van der Waals surface area contributed by atoms with E-state index in [1.54, 1.807) is 16.8 Å². The number of nitro groups is 1. The van der Waals surface area contributed by atoms with Gasteiger partial charge < -0.3 is 44.9 Å². The zero-order chi connectivity index (χ0) is 43.9. The normalized spacial score (nSPS) is 16.1. The predicted molar refractivity (Wildman–Crippen MR) is 222 cm³/mol. The molecular weight excluding hydrogens is 823 g/mol. The van der Waals surface area contributed by atoms with Crippen molar-refractivity contribution in [2.24, 2.45) is 10.6 Å². The van der Waals surface area contributed by atoms with Crippen LogP contribution < -0.4 is 21.1 Å². The van der Waals surface area contributed by atoms with Gasteiger partial charge in [-0.15, -0.1) is 11.3 Å². The lowest BCUT2D eigenvalue weighted by atomic mass is 9.85. The molecular formula is C39H55N7O12S2. The summed E-state index contributed by atoms with van der Waals surface area (Å²) in [4.78, 5) is 57.1. The first-order chi connectivity index (χ1) is 28.5. The SMILES string of the molecule is Cc1ncsc1-c1ccc(CNC(=O)[C@@H]2C[C@@H](O)CN2C(=O)C(NC(=O)CCOCCOCCOCCOCCNc2ccc(S(N)(=O)=O)cc2[N+](=O)[O-])C(C)(C)C)cc1. The van der Waals surface area contributed by atoms with Crippen LogP contribution in [0.1, 0.15) is 44.9 Å². The lowest BCUT2D eigenvalue weighted by Gasteiger charge is -2.35. The number of nitrogens with one attached hydrogen (secondary N) is 3. The summed E-state index contributed by atoms with van der Waals surface area (Å²) in [7, 11) is -4.08. The maximum Gasteiger partial charge on any atom is 0.293 e. The van der Waals surface area contributed by atoms with Crippen LogP contribution >= 0.6 is 11.3 Å². The van der Waals surface area contributed by atoms with E-state index in [0.29, 0.717) is 13.2 Å². The van der Waals surface area contributed by atoms with E-state index in [1.165, 1.54) is 17.0 Å². The van der Waals surface area contributed by atoms with Gasteiger partial charge in [-0.05, 0) is 35.6 Å². The smallest absolute Gasteiger partial charge is 0.293 e. The second-order valence-corrected chi connectivity index (χ2v) is 17.5. The number of aromatic nitrogens is 1. The number of sulfonamides is 1. The number of carbonyl (C=O) groups is 3. The van der Waals surface area contributed by atoms with Gasteiger partial charge in [0, 0.05) is 38.5 Å². The van der Waals surface area contributed by atoms with Crippen molar-refractivity contribution in [1.82, 2.24) is 20.5 Å². The van der Waals surface area contributed by atoms with Crippen LogP contribution in [0.3, 0.4) is 0 Å². The van der Waals surface area contributed by atoms with Gasteiger partial charge in [-0.1, -0.05) is 45.0 Å². The van der Waals surface area contributed by atoms with Crippen LogP contribution in [0.5, 0.6) is 0 Å². The van der Waals surface area contributed by atoms with Crippen molar-refractivity contribution in [1.29, 1.82) is 0 Å². The first-order valence-corrected chi connectivity index (χ1v) is 21.8. The molecule has 6 N–H and O–H groups in total. The van der Waals surface area contributed by atoms with Crippen molar-refractivity contribution < 1.29 is 51.8 Å². The summed E-state index contributed by atoms with van der Waals surface area (Å²) in [5.41, 5.74) is 3.69. The highest BCUT2D eigenvalue weighted by Crippen LogP contribution is 2.29. The van der Waals surface area contributed by atoms with Gasteiger partial charge in [0.25, 0.3) is 5.69 Å². The molecule has 1 aromatic heterocycles. The van der Waals surface area contributed by atoms with Crippen LogP contribution in [0, 0.1) is 22.5 Å². The molecule has 4 rings (SSSR count). The average Bonchev–Trinajstić information content (AvgIpc) is 3.81. The Morgan fingerprint density at radius 3 is 2.18 bits per heavy atom. The van der Waals surface area contributed by atoms with Gasteiger partial charge in [-0.25, -0.2) is 18.5 Å². The maximum absolute atomic E-state index is 13.9. The summed E-state index contributed by atoms with van der Waals surface area (Å²) >= 11 is 1.56. The van der Waals surface area contributed by atoms with Crippen LogP contribution in [-0.2, 0) is 49.9 Å². The number of nitro benzene ring substituents is 1. The Labute approximate surface area is 353 Å². The van der Waals surface area contributed by atoms with Crippen LogP contribution in [0.15, 0.2) is 52.9 Å². The molecule has 1 unspecified atom stereocenters. The number of hydrogen-bond acceptors (Lipinski definition) is 15. The highest BCUT2D eigenvalue weighted by molar-refractivity contribution is 7.89. The van der Waals surface area contributed by atoms with E-state index in [0.717, 1.165) is 27.8 Å². The maximum atomic E-state index is 13.9. The number of hydrogen-bond donors (Lipinski definition) is 5. The Bertz CT molecular complexity index is 2010. The van der Waals surface area contributed by atoms with Gasteiger partial charge >= 0.3 is 0 Å². The molecule has 0 spiro atoms. The Balaban J connectivity index is 1.07. The number of thiazole rings is 1. The molecule has 3 aromatic rings. The molecule has 19 nitrogen and oxygen atoms in total. The second-order valence-electron chi connectivity index (χ2n) is 15.1. The zero-order valence-corrected chi connectivity index (χ0v) is 35.8. The molecule has 0 saturated carbocycles. The number of primary sulfonamides is 1. The van der Waals surface area contributed by atoms with Crippen LogP contribution in [-0.4, -0.2) is 130 Å². The topological polar surface area (TPSA) is 264 Å². The largest absolute Gasteiger partial charge is 0.391 e. The van der Waals surface area contributed by atoms with Gasteiger partial charge in [-0.2, -0.15) is 0 Å². The number of likely N-dealkylation sites (tertiary alicyclic amines) is 1. The molecule has 1 aliphatic rings. The molecule has 3 amide bonds. The molecule has 1 fully saturated rings. The summed E-state index contributed by atoms with van der Waals surface area (Å²) in [5, 5.41) is 35.4. The lowest BCUT2D eigenvalue weighted by Crippen LogP contribution is -2.57. The Kier molecular flexibility index (Phi) is 18.3. The number of aliphatic hydroxyl groups is 1. The van der Waals surface area contributed by atoms with Gasteiger partial charge in [0.05, 0.1) is 84.9 Å². The molecule has 0 aliphatic carbocycles. The van der Waals surface area contributed by atoms with E-state index < -0.39 is 56.1 Å². The van der Waals surface area contributed by atoms with Crippen molar-refractivity contribution in [3.63, 3.8) is 0 Å². The summed E-state index contributed by atoms with van der Waals surface area (Å²) in [6, 6.07) is 9.31. The van der Waals surface area contributed by atoms with Crippen molar-refractivity contribution in [3.8, 4) is 10.4 Å². The minimum atomic E-state index is -4.08. The molecule has 1 saturated heterocycles. The van der Waals surface area contributed by atoms with E-state index in [9.17, 15) is 38.0 Å². The first kappa shape index (κ1) is 48.1. The predicted octanol–water partition coefficient (Wildman–Crippen LogP) is 2.35. The van der Waals surface area contributed by atoms with E-state index in [4.69, 9.17) is 24.1 Å². The van der Waals surface area contributed by atoms with Crippen molar-refractivity contribution in [2.75, 3.05) is 71.3 Å². The number of β-amino-alcohol motifs (C(OH)–C–C–N with tert-alkyl or cyclic N) is 1. The Hall–Kier alpha value is -4.61. The monoisotopic (exact) mass is 877 g/mol. The number of benzene rings is 2. The van der Waals surface area contributed by atoms with Gasteiger partial charge in [0.15, 0.2) is 0 Å². The minimum absolute atomic E-state index is 0.00578.